The summed E-state index contributed by atoms with van der Waals surface area (Å²) in [5, 5.41) is 11.4. The zero-order valence-corrected chi connectivity index (χ0v) is 22.2. The molecule has 2 aromatic heterocycles. The van der Waals surface area contributed by atoms with E-state index in [4.69, 9.17) is 10.7 Å². The molecule has 4 heterocycles. The van der Waals surface area contributed by atoms with Gasteiger partial charge in [-0.3, -0.25) is 9.20 Å². The minimum atomic E-state index is -4.51. The van der Waals surface area contributed by atoms with Gasteiger partial charge in [0.25, 0.3) is 0 Å². The Morgan fingerprint density at radius 3 is 2.55 bits per heavy atom. The van der Waals surface area contributed by atoms with E-state index < -0.39 is 17.3 Å². The highest BCUT2D eigenvalue weighted by Gasteiger charge is 2.38. The fraction of sp³-hybridized carbons (Fsp3) is 0.367. The molecule has 0 radical (unpaired) electrons. The predicted octanol–water partition coefficient (Wildman–Crippen LogP) is 5.43. The van der Waals surface area contributed by atoms with Crippen molar-refractivity contribution in [3.05, 3.63) is 82.9 Å². The predicted molar refractivity (Wildman–Crippen MR) is 144 cm³/mol. The average molecular weight is 550 g/mol. The first kappa shape index (κ1) is 26.3. The van der Waals surface area contributed by atoms with Gasteiger partial charge in [-0.2, -0.15) is 13.2 Å². The highest BCUT2D eigenvalue weighted by atomic mass is 19.4. The summed E-state index contributed by atoms with van der Waals surface area (Å²) >= 11 is 0. The SMILES string of the molecule is Cc1cc([C@@](C)(O)c2cccc(C(F)(F)F)c2)ccc1-c1nc([C@@H]2CC[C@H]3CCC(=O)N3C2)n2ccnc(N)c12. The molecule has 3 atom stereocenters. The summed E-state index contributed by atoms with van der Waals surface area (Å²) in [5.41, 5.74) is 7.32. The third-order valence-corrected chi connectivity index (χ3v) is 8.49. The van der Waals surface area contributed by atoms with Crippen molar-refractivity contribution >= 4 is 17.2 Å². The van der Waals surface area contributed by atoms with Crippen LogP contribution in [0.2, 0.25) is 0 Å². The van der Waals surface area contributed by atoms with Crippen LogP contribution in [-0.4, -0.2) is 42.9 Å². The van der Waals surface area contributed by atoms with Gasteiger partial charge in [0.1, 0.15) is 28.5 Å². The van der Waals surface area contributed by atoms with Gasteiger partial charge in [0.2, 0.25) is 5.91 Å². The molecule has 2 aliphatic rings. The highest BCUT2D eigenvalue weighted by molar-refractivity contribution is 5.87. The molecular weight excluding hydrogens is 519 g/mol. The summed E-state index contributed by atoms with van der Waals surface area (Å²) in [4.78, 5) is 23.8. The van der Waals surface area contributed by atoms with Crippen LogP contribution in [0.5, 0.6) is 0 Å². The van der Waals surface area contributed by atoms with Gasteiger partial charge < -0.3 is 15.7 Å². The monoisotopic (exact) mass is 549 g/mol. The van der Waals surface area contributed by atoms with Gasteiger partial charge in [-0.05, 0) is 61.9 Å². The highest BCUT2D eigenvalue weighted by Crippen LogP contribution is 2.40. The van der Waals surface area contributed by atoms with E-state index in [2.05, 4.69) is 4.98 Å². The maximum absolute atomic E-state index is 13.3. The van der Waals surface area contributed by atoms with Crippen molar-refractivity contribution in [2.24, 2.45) is 0 Å². The number of nitrogen functional groups attached to an aromatic ring is 1. The lowest BCUT2D eigenvalue weighted by Crippen LogP contribution is -2.41. The Hall–Kier alpha value is -3.92. The first-order valence-corrected chi connectivity index (χ1v) is 13.4. The number of nitrogens with zero attached hydrogens (tertiary/aromatic N) is 4. The van der Waals surface area contributed by atoms with Crippen LogP contribution in [0.25, 0.3) is 16.8 Å². The molecule has 7 nitrogen and oxygen atoms in total. The largest absolute Gasteiger partial charge is 0.416 e. The van der Waals surface area contributed by atoms with E-state index in [1.807, 2.05) is 28.5 Å². The number of halogens is 3. The van der Waals surface area contributed by atoms with Gasteiger partial charge in [0.05, 0.1) is 5.56 Å². The molecule has 0 bridgehead atoms. The van der Waals surface area contributed by atoms with Crippen LogP contribution < -0.4 is 5.73 Å². The molecule has 6 rings (SSSR count). The number of alkyl halides is 3. The van der Waals surface area contributed by atoms with E-state index in [-0.39, 0.29) is 17.4 Å². The van der Waals surface area contributed by atoms with Crippen molar-refractivity contribution in [2.75, 3.05) is 12.3 Å². The lowest BCUT2D eigenvalue weighted by molar-refractivity contribution is -0.137. The molecule has 2 fully saturated rings. The molecule has 208 valence electrons. The van der Waals surface area contributed by atoms with Crippen LogP contribution in [-0.2, 0) is 16.6 Å². The number of benzene rings is 2. The summed E-state index contributed by atoms with van der Waals surface area (Å²) in [5.74, 6) is 1.37. The lowest BCUT2D eigenvalue weighted by atomic mass is 9.85. The van der Waals surface area contributed by atoms with Gasteiger partial charge in [-0.1, -0.05) is 30.3 Å². The molecule has 2 aromatic carbocycles. The van der Waals surface area contributed by atoms with Crippen molar-refractivity contribution in [2.45, 2.75) is 63.3 Å². The summed E-state index contributed by atoms with van der Waals surface area (Å²) in [6.07, 6.45) is 2.29. The average Bonchev–Trinajstić information content (AvgIpc) is 3.49. The molecule has 0 saturated carbocycles. The second-order valence-electron chi connectivity index (χ2n) is 11.0. The van der Waals surface area contributed by atoms with Crippen LogP contribution in [0, 0.1) is 6.92 Å². The number of aliphatic hydroxyl groups is 1. The number of imidazole rings is 1. The molecule has 0 spiro atoms. The lowest BCUT2D eigenvalue weighted by Gasteiger charge is -2.34. The molecule has 4 aromatic rings. The van der Waals surface area contributed by atoms with Crippen molar-refractivity contribution in [1.82, 2.24) is 19.3 Å². The molecule has 0 aliphatic carbocycles. The Kier molecular flexibility index (Phi) is 6.14. The molecule has 0 unspecified atom stereocenters. The number of anilines is 1. The number of aryl methyl sites for hydroxylation is 1. The Labute approximate surface area is 229 Å². The number of fused-ring (bicyclic) bond motifs is 2. The number of piperidine rings is 1. The molecule has 40 heavy (non-hydrogen) atoms. The van der Waals surface area contributed by atoms with Gasteiger partial charge in [0, 0.05) is 42.9 Å². The van der Waals surface area contributed by atoms with Crippen molar-refractivity contribution in [3.8, 4) is 11.3 Å². The third-order valence-electron chi connectivity index (χ3n) is 8.49. The van der Waals surface area contributed by atoms with Gasteiger partial charge in [-0.25, -0.2) is 9.97 Å². The molecule has 2 saturated heterocycles. The van der Waals surface area contributed by atoms with Crippen molar-refractivity contribution in [3.63, 3.8) is 0 Å². The number of carbonyl (C=O) groups is 1. The molecular formula is C30H30F3N5O2. The van der Waals surface area contributed by atoms with Crippen LogP contribution in [0.1, 0.15) is 66.6 Å². The molecule has 3 N–H and O–H groups in total. The molecule has 10 heteroatoms. The number of aromatic nitrogens is 3. The zero-order chi connectivity index (χ0) is 28.4. The molecule has 2 aliphatic heterocycles. The number of hydrogen-bond acceptors (Lipinski definition) is 5. The summed E-state index contributed by atoms with van der Waals surface area (Å²) < 4.78 is 41.9. The normalized spacial score (nSPS) is 21.1. The first-order chi connectivity index (χ1) is 18.9. The van der Waals surface area contributed by atoms with E-state index in [0.29, 0.717) is 41.6 Å². The standard InChI is InChI=1S/C30H30F3N5O2/c1-17-14-20(29(2,40)19-4-3-5-21(15-19)30(31,32)33)7-10-23(17)25-26-27(34)35-12-13-37(26)28(36-25)18-6-8-22-9-11-24(39)38(22)16-18/h3-5,7,10,12-15,18,22,40H,6,8-9,11,16H2,1-2H3,(H2,34,35)/t18-,22+,29+/m1/s1. The van der Waals surface area contributed by atoms with Crippen LogP contribution >= 0.6 is 0 Å². The van der Waals surface area contributed by atoms with Gasteiger partial charge in [0.15, 0.2) is 0 Å². The molecule has 1 amide bonds. The Balaban J connectivity index is 1.40. The van der Waals surface area contributed by atoms with Crippen LogP contribution in [0.15, 0.2) is 54.9 Å². The number of nitrogens with two attached hydrogens (primary N) is 1. The quantitative estimate of drug-likeness (QED) is 0.354. The summed E-state index contributed by atoms with van der Waals surface area (Å²) in [6, 6.07) is 10.3. The summed E-state index contributed by atoms with van der Waals surface area (Å²) in [6.45, 7) is 3.97. The van der Waals surface area contributed by atoms with Crippen LogP contribution in [0.4, 0.5) is 19.0 Å². The van der Waals surface area contributed by atoms with E-state index in [0.717, 1.165) is 48.3 Å². The maximum Gasteiger partial charge on any atom is 0.416 e. The Morgan fingerprint density at radius 1 is 1.05 bits per heavy atom. The number of hydrogen-bond donors (Lipinski definition) is 2. The smallest absolute Gasteiger partial charge is 0.382 e. The summed E-state index contributed by atoms with van der Waals surface area (Å²) in [7, 11) is 0. The fourth-order valence-corrected chi connectivity index (χ4v) is 6.24. The third kappa shape index (κ3) is 4.30. The van der Waals surface area contributed by atoms with Gasteiger partial charge >= 0.3 is 6.18 Å². The van der Waals surface area contributed by atoms with Gasteiger partial charge in [-0.15, -0.1) is 0 Å². The van der Waals surface area contributed by atoms with Crippen LogP contribution in [0.3, 0.4) is 0 Å². The van der Waals surface area contributed by atoms with E-state index in [1.54, 1.807) is 18.3 Å². The van der Waals surface area contributed by atoms with E-state index in [1.165, 1.54) is 19.1 Å². The Morgan fingerprint density at radius 2 is 1.80 bits per heavy atom. The minimum absolute atomic E-state index is 0.0440. The number of rotatable bonds is 4. The minimum Gasteiger partial charge on any atom is -0.382 e. The second-order valence-corrected chi connectivity index (χ2v) is 11.0. The second kappa shape index (κ2) is 9.33. The van der Waals surface area contributed by atoms with E-state index >= 15 is 0 Å². The Bertz CT molecular complexity index is 1630. The van der Waals surface area contributed by atoms with Crippen molar-refractivity contribution in [1.29, 1.82) is 0 Å². The number of carbonyl (C=O) groups excluding carboxylic acids is 1. The fourth-order valence-electron chi connectivity index (χ4n) is 6.24. The zero-order valence-electron chi connectivity index (χ0n) is 22.2. The van der Waals surface area contributed by atoms with Crippen molar-refractivity contribution < 1.29 is 23.1 Å². The maximum atomic E-state index is 13.3. The van der Waals surface area contributed by atoms with E-state index in [9.17, 15) is 23.1 Å². The first-order valence-electron chi connectivity index (χ1n) is 13.4. The number of amides is 1. The topological polar surface area (TPSA) is 96.8 Å².